The molecule has 2 aromatic heterocycles. The Kier molecular flexibility index (Phi) is 5.66. The summed E-state index contributed by atoms with van der Waals surface area (Å²) in [6.07, 6.45) is 0.210. The van der Waals surface area contributed by atoms with Gasteiger partial charge in [0.15, 0.2) is 5.13 Å². The average Bonchev–Trinajstić information content (AvgIpc) is 3.01. The van der Waals surface area contributed by atoms with E-state index in [0.717, 1.165) is 22.8 Å². The van der Waals surface area contributed by atoms with E-state index in [4.69, 9.17) is 0 Å². The lowest BCUT2D eigenvalue weighted by Gasteiger charge is -2.12. The molecule has 0 aliphatic heterocycles. The van der Waals surface area contributed by atoms with E-state index in [1.807, 2.05) is 68.6 Å². The van der Waals surface area contributed by atoms with Crippen molar-refractivity contribution in [3.63, 3.8) is 0 Å². The summed E-state index contributed by atoms with van der Waals surface area (Å²) in [7, 11) is 3.95. The third kappa shape index (κ3) is 5.24. The Morgan fingerprint density at radius 2 is 1.74 bits per heavy atom. The molecule has 0 radical (unpaired) electrons. The van der Waals surface area contributed by atoms with Gasteiger partial charge in [-0.25, -0.2) is 15.0 Å². The minimum atomic E-state index is -0.105. The van der Waals surface area contributed by atoms with Crippen molar-refractivity contribution in [3.05, 3.63) is 52.8 Å². The summed E-state index contributed by atoms with van der Waals surface area (Å²) in [5, 5.41) is 8.51. The largest absolute Gasteiger partial charge is 0.378 e. The third-order valence-corrected chi connectivity index (χ3v) is 4.57. The number of aryl methyl sites for hydroxylation is 2. The number of aromatic nitrogens is 3. The van der Waals surface area contributed by atoms with Gasteiger partial charge >= 0.3 is 0 Å². The molecule has 0 unspecified atom stereocenters. The van der Waals surface area contributed by atoms with Crippen molar-refractivity contribution >= 4 is 39.7 Å². The van der Waals surface area contributed by atoms with E-state index >= 15 is 0 Å². The molecular formula is C19H22N6OS. The normalized spacial score (nSPS) is 10.5. The maximum Gasteiger partial charge on any atom is 0.230 e. The molecule has 7 nitrogen and oxygen atoms in total. The maximum absolute atomic E-state index is 12.3. The first-order chi connectivity index (χ1) is 12.9. The van der Waals surface area contributed by atoms with E-state index < -0.39 is 0 Å². The summed E-state index contributed by atoms with van der Waals surface area (Å²) in [5.41, 5.74) is 4.33. The van der Waals surface area contributed by atoms with Crippen LogP contribution in [0.5, 0.6) is 0 Å². The van der Waals surface area contributed by atoms with Gasteiger partial charge < -0.3 is 15.5 Å². The van der Waals surface area contributed by atoms with E-state index in [-0.39, 0.29) is 12.3 Å². The van der Waals surface area contributed by atoms with E-state index in [2.05, 4.69) is 25.6 Å². The highest BCUT2D eigenvalue weighted by Crippen LogP contribution is 2.20. The maximum atomic E-state index is 12.3. The van der Waals surface area contributed by atoms with Crippen molar-refractivity contribution in [3.8, 4) is 0 Å². The van der Waals surface area contributed by atoms with E-state index in [9.17, 15) is 4.79 Å². The smallest absolute Gasteiger partial charge is 0.230 e. The van der Waals surface area contributed by atoms with E-state index in [1.165, 1.54) is 11.3 Å². The molecule has 1 aromatic carbocycles. The van der Waals surface area contributed by atoms with Crippen molar-refractivity contribution in [2.75, 3.05) is 29.6 Å². The lowest BCUT2D eigenvalue weighted by atomic mass is 10.2. The van der Waals surface area contributed by atoms with Gasteiger partial charge in [-0.15, -0.1) is 11.3 Å². The van der Waals surface area contributed by atoms with Crippen LogP contribution in [0.4, 0.5) is 22.5 Å². The first-order valence-corrected chi connectivity index (χ1v) is 9.38. The highest BCUT2D eigenvalue weighted by Gasteiger charge is 2.10. The number of nitrogens with one attached hydrogen (secondary N) is 2. The minimum absolute atomic E-state index is 0.105. The van der Waals surface area contributed by atoms with Crippen LogP contribution < -0.4 is 15.5 Å². The van der Waals surface area contributed by atoms with Crippen LogP contribution in [-0.2, 0) is 11.2 Å². The fraction of sp³-hybridized carbons (Fsp3) is 0.263. The predicted octanol–water partition coefficient (Wildman–Crippen LogP) is 3.54. The molecule has 0 bridgehead atoms. The molecule has 0 aliphatic carbocycles. The number of carbonyl (C=O) groups is 1. The van der Waals surface area contributed by atoms with Gasteiger partial charge in [0, 0.05) is 42.2 Å². The third-order valence-electron chi connectivity index (χ3n) is 3.76. The number of benzene rings is 1. The summed E-state index contributed by atoms with van der Waals surface area (Å²) in [5.74, 6) is 0.408. The van der Waals surface area contributed by atoms with Gasteiger partial charge in [0.05, 0.1) is 12.1 Å². The molecule has 27 heavy (non-hydrogen) atoms. The van der Waals surface area contributed by atoms with Crippen LogP contribution in [0.15, 0.2) is 35.7 Å². The zero-order valence-corrected chi connectivity index (χ0v) is 16.6. The quantitative estimate of drug-likeness (QED) is 0.678. The number of rotatable bonds is 6. The molecule has 1 amide bonds. The van der Waals surface area contributed by atoms with Gasteiger partial charge in [0.25, 0.3) is 0 Å². The number of nitrogens with zero attached hydrogens (tertiary/aromatic N) is 4. The fourth-order valence-corrected chi connectivity index (χ4v) is 3.24. The average molecular weight is 382 g/mol. The molecule has 140 valence electrons. The first-order valence-electron chi connectivity index (χ1n) is 8.50. The second kappa shape index (κ2) is 8.13. The van der Waals surface area contributed by atoms with Gasteiger partial charge in [-0.2, -0.15) is 0 Å². The molecular weight excluding hydrogens is 360 g/mol. The molecule has 0 atom stereocenters. The van der Waals surface area contributed by atoms with Crippen LogP contribution in [0.25, 0.3) is 0 Å². The van der Waals surface area contributed by atoms with Crippen molar-refractivity contribution in [1.82, 2.24) is 15.0 Å². The Balaban J connectivity index is 1.59. The van der Waals surface area contributed by atoms with Crippen molar-refractivity contribution < 1.29 is 4.79 Å². The Morgan fingerprint density at radius 3 is 2.37 bits per heavy atom. The van der Waals surface area contributed by atoms with Gasteiger partial charge in [-0.05, 0) is 44.2 Å². The molecule has 3 rings (SSSR count). The molecule has 3 aromatic rings. The van der Waals surface area contributed by atoms with Gasteiger partial charge in [0.1, 0.15) is 0 Å². The molecule has 8 heteroatoms. The van der Waals surface area contributed by atoms with Crippen LogP contribution in [0.2, 0.25) is 0 Å². The van der Waals surface area contributed by atoms with Crippen molar-refractivity contribution in [2.45, 2.75) is 20.3 Å². The van der Waals surface area contributed by atoms with Gasteiger partial charge in [-0.1, -0.05) is 0 Å². The zero-order valence-electron chi connectivity index (χ0n) is 15.8. The molecule has 0 fully saturated rings. The Morgan fingerprint density at radius 1 is 1.07 bits per heavy atom. The number of anilines is 4. The highest BCUT2D eigenvalue weighted by atomic mass is 32.1. The number of amides is 1. The predicted molar refractivity (Wildman–Crippen MR) is 110 cm³/mol. The topological polar surface area (TPSA) is 83.0 Å². The Bertz CT molecular complexity index is 915. The lowest BCUT2D eigenvalue weighted by molar-refractivity contribution is -0.115. The van der Waals surface area contributed by atoms with Gasteiger partial charge in [-0.3, -0.25) is 4.79 Å². The number of hydrogen-bond donors (Lipinski definition) is 2. The van der Waals surface area contributed by atoms with Crippen LogP contribution in [0.3, 0.4) is 0 Å². The minimum Gasteiger partial charge on any atom is -0.378 e. The second-order valence-corrected chi connectivity index (χ2v) is 7.27. The molecule has 0 saturated carbocycles. The van der Waals surface area contributed by atoms with Crippen molar-refractivity contribution in [1.29, 1.82) is 0 Å². The summed E-state index contributed by atoms with van der Waals surface area (Å²) in [6.45, 7) is 3.84. The Hall–Kier alpha value is -3.00. The van der Waals surface area contributed by atoms with Crippen LogP contribution in [-0.4, -0.2) is 35.0 Å². The molecule has 0 aliphatic rings. The summed E-state index contributed by atoms with van der Waals surface area (Å²) in [4.78, 5) is 27.4. The Labute approximate surface area is 162 Å². The molecule has 2 heterocycles. The summed E-state index contributed by atoms with van der Waals surface area (Å²) in [6, 6.07) is 9.61. The second-order valence-electron chi connectivity index (χ2n) is 6.41. The lowest BCUT2D eigenvalue weighted by Crippen LogP contribution is -2.15. The summed E-state index contributed by atoms with van der Waals surface area (Å²) < 4.78 is 0. The van der Waals surface area contributed by atoms with Crippen LogP contribution >= 0.6 is 11.3 Å². The number of carbonyl (C=O) groups excluding carboxylic acids is 1. The molecule has 2 N–H and O–H groups in total. The number of hydrogen-bond acceptors (Lipinski definition) is 7. The molecule has 0 spiro atoms. The standard InChI is InChI=1S/C19H22N6OS/c1-12-9-13(2)21-18(20-12)24-19-23-15(11-27-19)10-17(26)22-14-5-7-16(8-6-14)25(3)4/h5-9,11H,10H2,1-4H3,(H,22,26)(H,20,21,23,24). The van der Waals surface area contributed by atoms with E-state index in [1.54, 1.807) is 0 Å². The zero-order chi connectivity index (χ0) is 19.4. The van der Waals surface area contributed by atoms with Crippen LogP contribution in [0, 0.1) is 13.8 Å². The van der Waals surface area contributed by atoms with E-state index in [0.29, 0.717) is 16.8 Å². The highest BCUT2D eigenvalue weighted by molar-refractivity contribution is 7.13. The van der Waals surface area contributed by atoms with Crippen molar-refractivity contribution in [2.24, 2.45) is 0 Å². The SMILES string of the molecule is Cc1cc(C)nc(Nc2nc(CC(=O)Nc3ccc(N(C)C)cc3)cs2)n1. The number of thiazole rings is 1. The first kappa shape index (κ1) is 18.8. The molecule has 0 saturated heterocycles. The summed E-state index contributed by atoms with van der Waals surface area (Å²) >= 11 is 1.42. The fourth-order valence-electron chi connectivity index (χ4n) is 2.54. The monoisotopic (exact) mass is 382 g/mol. The van der Waals surface area contributed by atoms with Crippen LogP contribution in [0.1, 0.15) is 17.1 Å². The van der Waals surface area contributed by atoms with Gasteiger partial charge in [0.2, 0.25) is 11.9 Å².